The van der Waals surface area contributed by atoms with Gasteiger partial charge in [0.05, 0.1) is 13.7 Å². The first-order chi connectivity index (χ1) is 7.90. The first-order valence-corrected chi connectivity index (χ1v) is 5.38. The second-order valence-corrected chi connectivity index (χ2v) is 3.62. The van der Waals surface area contributed by atoms with E-state index in [1.807, 2.05) is 12.1 Å². The smallest absolute Gasteiger partial charge is 0.240 e. The summed E-state index contributed by atoms with van der Waals surface area (Å²) in [5, 5.41) is 0. The summed E-state index contributed by atoms with van der Waals surface area (Å²) in [5.41, 5.74) is 3.47. The number of hydrogen-bond acceptors (Lipinski definition) is 5. The van der Waals surface area contributed by atoms with Crippen LogP contribution >= 0.6 is 0 Å². The lowest BCUT2D eigenvalue weighted by Crippen LogP contribution is -2.28. The second-order valence-electron chi connectivity index (χ2n) is 3.62. The molecule has 1 atom stereocenters. The van der Waals surface area contributed by atoms with Gasteiger partial charge in [-0.05, 0) is 25.0 Å². The number of pyridine rings is 1. The van der Waals surface area contributed by atoms with Gasteiger partial charge < -0.3 is 9.47 Å². The number of nitrogens with zero attached hydrogens (tertiary/aromatic N) is 1. The van der Waals surface area contributed by atoms with E-state index in [9.17, 15) is 0 Å². The molecule has 0 radical (unpaired) electrons. The molecule has 0 saturated carbocycles. The third kappa shape index (κ3) is 2.84. The van der Waals surface area contributed by atoms with E-state index in [0.717, 1.165) is 25.1 Å². The van der Waals surface area contributed by atoms with Gasteiger partial charge in [0.25, 0.3) is 0 Å². The van der Waals surface area contributed by atoms with Crippen LogP contribution in [0.5, 0.6) is 5.88 Å². The van der Waals surface area contributed by atoms with Gasteiger partial charge in [0.15, 0.2) is 0 Å². The molecule has 0 amide bonds. The third-order valence-electron chi connectivity index (χ3n) is 2.38. The summed E-state index contributed by atoms with van der Waals surface area (Å²) in [6.45, 7) is 1.45. The topological polar surface area (TPSA) is 52.6 Å². The number of rotatable bonds is 4. The van der Waals surface area contributed by atoms with Crippen LogP contribution in [-0.2, 0) is 9.57 Å². The van der Waals surface area contributed by atoms with Crippen molar-refractivity contribution in [1.82, 2.24) is 4.98 Å². The number of ether oxygens (including phenoxy) is 2. The molecule has 5 heteroatoms. The van der Waals surface area contributed by atoms with Gasteiger partial charge in [-0.1, -0.05) is 0 Å². The third-order valence-corrected chi connectivity index (χ3v) is 2.38. The van der Waals surface area contributed by atoms with Crippen LogP contribution in [0.4, 0.5) is 5.69 Å². The van der Waals surface area contributed by atoms with Crippen molar-refractivity contribution < 1.29 is 14.3 Å². The Morgan fingerprint density at radius 2 is 2.50 bits per heavy atom. The Bertz CT molecular complexity index is 327. The van der Waals surface area contributed by atoms with Crippen LogP contribution in [0.25, 0.3) is 0 Å². The maximum absolute atomic E-state index is 5.76. The van der Waals surface area contributed by atoms with Gasteiger partial charge in [-0.3, -0.25) is 10.3 Å². The Labute approximate surface area is 94.7 Å². The molecule has 0 bridgehead atoms. The van der Waals surface area contributed by atoms with Crippen LogP contribution in [0.15, 0.2) is 18.3 Å². The van der Waals surface area contributed by atoms with Gasteiger partial charge in [-0.25, -0.2) is 4.98 Å². The van der Waals surface area contributed by atoms with Crippen LogP contribution in [0.1, 0.15) is 12.8 Å². The van der Waals surface area contributed by atoms with Gasteiger partial charge in [0.1, 0.15) is 11.8 Å². The molecule has 1 fully saturated rings. The van der Waals surface area contributed by atoms with E-state index in [2.05, 4.69) is 10.5 Å². The molecule has 1 aliphatic rings. The van der Waals surface area contributed by atoms with Crippen molar-refractivity contribution in [2.24, 2.45) is 0 Å². The zero-order valence-corrected chi connectivity index (χ0v) is 9.31. The highest BCUT2D eigenvalue weighted by atomic mass is 16.6. The van der Waals surface area contributed by atoms with Crippen LogP contribution in [0.2, 0.25) is 0 Å². The molecule has 1 aromatic rings. The predicted molar refractivity (Wildman–Crippen MR) is 59.3 cm³/mol. The zero-order chi connectivity index (χ0) is 11.2. The summed E-state index contributed by atoms with van der Waals surface area (Å²) >= 11 is 0. The van der Waals surface area contributed by atoms with Crippen LogP contribution in [-0.4, -0.2) is 31.4 Å². The van der Waals surface area contributed by atoms with Gasteiger partial charge in [0, 0.05) is 12.8 Å². The molecule has 0 aliphatic carbocycles. The van der Waals surface area contributed by atoms with Gasteiger partial charge in [-0.15, -0.1) is 0 Å². The molecule has 1 N–H and O–H groups in total. The highest BCUT2D eigenvalue weighted by molar-refractivity contribution is 5.50. The fourth-order valence-corrected chi connectivity index (χ4v) is 1.63. The molecule has 1 saturated heterocycles. The largest absolute Gasteiger partial charge is 0.470 e. The van der Waals surface area contributed by atoms with E-state index < -0.39 is 0 Å². The van der Waals surface area contributed by atoms with E-state index in [1.165, 1.54) is 0 Å². The molecule has 5 nitrogen and oxygen atoms in total. The normalized spacial score (nSPS) is 20.4. The first kappa shape index (κ1) is 11.2. The molecule has 88 valence electrons. The van der Waals surface area contributed by atoms with Gasteiger partial charge in [-0.2, -0.15) is 0 Å². The van der Waals surface area contributed by atoms with Crippen molar-refractivity contribution in [1.29, 1.82) is 0 Å². The Hall–Kier alpha value is -1.33. The molecule has 2 rings (SSSR count). The Morgan fingerprint density at radius 1 is 1.56 bits per heavy atom. The Morgan fingerprint density at radius 3 is 3.25 bits per heavy atom. The summed E-state index contributed by atoms with van der Waals surface area (Å²) in [4.78, 5) is 9.03. The highest BCUT2D eigenvalue weighted by Gasteiger charge is 2.17. The fraction of sp³-hybridized carbons (Fsp3) is 0.545. The van der Waals surface area contributed by atoms with Crippen molar-refractivity contribution in [2.75, 3.05) is 25.8 Å². The summed E-state index contributed by atoms with van der Waals surface area (Å²) in [6, 6.07) is 3.68. The van der Waals surface area contributed by atoms with Gasteiger partial charge >= 0.3 is 0 Å². The minimum Gasteiger partial charge on any atom is -0.470 e. The summed E-state index contributed by atoms with van der Waals surface area (Å²) in [7, 11) is 1.56. The zero-order valence-electron chi connectivity index (χ0n) is 9.31. The lowest BCUT2D eigenvalue weighted by atomic mass is 10.2. The molecule has 0 spiro atoms. The molecule has 1 aliphatic heterocycles. The number of anilines is 1. The summed E-state index contributed by atoms with van der Waals surface area (Å²) in [6.07, 6.45) is 3.81. The summed E-state index contributed by atoms with van der Waals surface area (Å²) < 4.78 is 11.1. The second kappa shape index (κ2) is 5.67. The molecule has 16 heavy (non-hydrogen) atoms. The van der Waals surface area contributed by atoms with Crippen molar-refractivity contribution in [2.45, 2.75) is 18.9 Å². The number of nitrogens with one attached hydrogen (secondary N) is 1. The molecule has 2 heterocycles. The summed E-state index contributed by atoms with van der Waals surface area (Å²) in [5.74, 6) is 0.555. The quantitative estimate of drug-likeness (QED) is 0.787. The van der Waals surface area contributed by atoms with Gasteiger partial charge in [0.2, 0.25) is 5.88 Å². The SMILES string of the molecule is CONc1cccnc1O[C@@H]1CCCOC1. The van der Waals surface area contributed by atoms with E-state index in [1.54, 1.807) is 13.3 Å². The molecule has 1 aromatic heterocycles. The van der Waals surface area contributed by atoms with Crippen molar-refractivity contribution in [3.63, 3.8) is 0 Å². The fourth-order valence-electron chi connectivity index (χ4n) is 1.63. The lowest BCUT2D eigenvalue weighted by molar-refractivity contribution is 0.00560. The first-order valence-electron chi connectivity index (χ1n) is 5.38. The molecular weight excluding hydrogens is 208 g/mol. The maximum atomic E-state index is 5.76. The standard InChI is InChI=1S/C11H16N2O3/c1-14-13-10-5-2-6-12-11(10)16-9-4-3-7-15-8-9/h2,5-6,9,13H,3-4,7-8H2,1H3/t9-/m1/s1. The molecular formula is C11H16N2O3. The highest BCUT2D eigenvalue weighted by Crippen LogP contribution is 2.23. The van der Waals surface area contributed by atoms with Crippen molar-refractivity contribution in [3.8, 4) is 5.88 Å². The number of aromatic nitrogens is 1. The van der Waals surface area contributed by atoms with Crippen LogP contribution in [0, 0.1) is 0 Å². The minimum absolute atomic E-state index is 0.0843. The lowest BCUT2D eigenvalue weighted by Gasteiger charge is -2.23. The Kier molecular flexibility index (Phi) is 3.96. The Balaban J connectivity index is 2.01. The molecule has 0 aromatic carbocycles. The van der Waals surface area contributed by atoms with Crippen molar-refractivity contribution in [3.05, 3.63) is 18.3 Å². The van der Waals surface area contributed by atoms with E-state index in [4.69, 9.17) is 14.3 Å². The average Bonchev–Trinajstić information content (AvgIpc) is 2.33. The number of hydrogen-bond donors (Lipinski definition) is 1. The van der Waals surface area contributed by atoms with Crippen molar-refractivity contribution >= 4 is 5.69 Å². The van der Waals surface area contributed by atoms with E-state index in [-0.39, 0.29) is 6.10 Å². The van der Waals surface area contributed by atoms with Crippen LogP contribution < -0.4 is 10.2 Å². The maximum Gasteiger partial charge on any atom is 0.240 e. The van der Waals surface area contributed by atoms with E-state index >= 15 is 0 Å². The van der Waals surface area contributed by atoms with E-state index in [0.29, 0.717) is 12.5 Å². The molecule has 0 unspecified atom stereocenters. The monoisotopic (exact) mass is 224 g/mol. The average molecular weight is 224 g/mol. The minimum atomic E-state index is 0.0843. The van der Waals surface area contributed by atoms with Crippen LogP contribution in [0.3, 0.4) is 0 Å². The predicted octanol–water partition coefficient (Wildman–Crippen LogP) is 1.61.